The molecular formula is C11H8Cl2F2N2S. The summed E-state index contributed by atoms with van der Waals surface area (Å²) in [5.74, 6) is 3.50. The molecule has 96 valence electrons. The van der Waals surface area contributed by atoms with Crippen molar-refractivity contribution in [3.8, 4) is 0 Å². The van der Waals surface area contributed by atoms with Gasteiger partial charge in [0, 0.05) is 11.1 Å². The van der Waals surface area contributed by atoms with Crippen molar-refractivity contribution in [3.63, 3.8) is 0 Å². The van der Waals surface area contributed by atoms with Crippen molar-refractivity contribution >= 4 is 34.5 Å². The largest absolute Gasteiger partial charge is 0.271 e. The number of hydrazine groups is 1. The van der Waals surface area contributed by atoms with Crippen LogP contribution in [0, 0.1) is 11.6 Å². The molecule has 0 spiro atoms. The van der Waals surface area contributed by atoms with Gasteiger partial charge in [0.05, 0.1) is 14.7 Å². The number of halogens is 4. The predicted octanol–water partition coefficient (Wildman–Crippen LogP) is 3.89. The van der Waals surface area contributed by atoms with Crippen molar-refractivity contribution in [1.29, 1.82) is 0 Å². The predicted molar refractivity (Wildman–Crippen MR) is 69.9 cm³/mol. The second-order valence-corrected chi connectivity index (χ2v) is 5.81. The van der Waals surface area contributed by atoms with Crippen LogP contribution in [0.1, 0.15) is 17.2 Å². The summed E-state index contributed by atoms with van der Waals surface area (Å²) < 4.78 is 27.7. The maximum Gasteiger partial charge on any atom is 0.163 e. The third-order valence-corrected chi connectivity index (χ3v) is 3.97. The summed E-state index contributed by atoms with van der Waals surface area (Å²) in [6.07, 6.45) is 0. The Bertz CT molecular complexity index is 574. The zero-order chi connectivity index (χ0) is 13.3. The molecule has 0 aliphatic rings. The topological polar surface area (TPSA) is 38.0 Å². The molecule has 1 aromatic heterocycles. The molecule has 3 N–H and O–H groups in total. The fourth-order valence-electron chi connectivity index (χ4n) is 1.64. The molecule has 1 aromatic carbocycles. The van der Waals surface area contributed by atoms with Crippen LogP contribution in [0.5, 0.6) is 0 Å². The number of thiophene rings is 1. The molecule has 1 atom stereocenters. The van der Waals surface area contributed by atoms with Gasteiger partial charge in [0.1, 0.15) is 0 Å². The highest BCUT2D eigenvalue weighted by molar-refractivity contribution is 7.20. The van der Waals surface area contributed by atoms with Gasteiger partial charge < -0.3 is 0 Å². The van der Waals surface area contributed by atoms with Gasteiger partial charge in [0.15, 0.2) is 11.6 Å². The van der Waals surface area contributed by atoms with E-state index >= 15 is 0 Å². The summed E-state index contributed by atoms with van der Waals surface area (Å²) in [4.78, 5) is 0. The summed E-state index contributed by atoms with van der Waals surface area (Å²) in [6, 6.07) is 4.69. The molecule has 2 nitrogen and oxygen atoms in total. The lowest BCUT2D eigenvalue weighted by Crippen LogP contribution is -2.29. The van der Waals surface area contributed by atoms with E-state index in [-0.39, 0.29) is 5.56 Å². The van der Waals surface area contributed by atoms with E-state index in [1.807, 2.05) is 0 Å². The summed E-state index contributed by atoms with van der Waals surface area (Å²) in [5, 5.41) is 0. The number of hydrogen-bond acceptors (Lipinski definition) is 3. The Morgan fingerprint density at radius 1 is 1.22 bits per heavy atom. The van der Waals surface area contributed by atoms with Crippen LogP contribution in [0.2, 0.25) is 8.67 Å². The molecule has 1 unspecified atom stereocenters. The highest BCUT2D eigenvalue weighted by atomic mass is 35.5. The Morgan fingerprint density at radius 2 is 1.94 bits per heavy atom. The average molecular weight is 309 g/mol. The van der Waals surface area contributed by atoms with Gasteiger partial charge in [0.25, 0.3) is 0 Å². The molecule has 0 aliphatic heterocycles. The van der Waals surface area contributed by atoms with E-state index in [0.29, 0.717) is 14.2 Å². The van der Waals surface area contributed by atoms with Gasteiger partial charge in [-0.3, -0.25) is 5.84 Å². The minimum Gasteiger partial charge on any atom is -0.271 e. The first kappa shape index (κ1) is 13.7. The van der Waals surface area contributed by atoms with Crippen molar-refractivity contribution < 1.29 is 8.78 Å². The number of nitrogens with one attached hydrogen (secondary N) is 1. The molecule has 0 amide bonds. The van der Waals surface area contributed by atoms with Crippen molar-refractivity contribution in [3.05, 3.63) is 55.7 Å². The molecule has 0 saturated carbocycles. The smallest absolute Gasteiger partial charge is 0.163 e. The highest BCUT2D eigenvalue weighted by Crippen LogP contribution is 2.37. The number of rotatable bonds is 3. The minimum absolute atomic E-state index is 0.0777. The monoisotopic (exact) mass is 308 g/mol. The van der Waals surface area contributed by atoms with Gasteiger partial charge in [-0.25, -0.2) is 14.2 Å². The maximum absolute atomic E-state index is 13.7. The molecule has 2 rings (SSSR count). The van der Waals surface area contributed by atoms with E-state index in [4.69, 9.17) is 29.0 Å². The average Bonchev–Trinajstić information content (AvgIpc) is 2.65. The Hall–Kier alpha value is -0.720. The molecule has 0 radical (unpaired) electrons. The second-order valence-electron chi connectivity index (χ2n) is 3.52. The van der Waals surface area contributed by atoms with Crippen molar-refractivity contribution in [2.45, 2.75) is 6.04 Å². The lowest BCUT2D eigenvalue weighted by Gasteiger charge is -2.16. The van der Waals surface area contributed by atoms with Crippen molar-refractivity contribution in [1.82, 2.24) is 5.43 Å². The molecule has 18 heavy (non-hydrogen) atoms. The second kappa shape index (κ2) is 5.50. The molecule has 0 saturated heterocycles. The molecular weight excluding hydrogens is 301 g/mol. The molecule has 2 aromatic rings. The van der Waals surface area contributed by atoms with Gasteiger partial charge >= 0.3 is 0 Å². The van der Waals surface area contributed by atoms with Crippen LogP contribution in [0.4, 0.5) is 8.78 Å². The van der Waals surface area contributed by atoms with E-state index in [9.17, 15) is 8.78 Å². The van der Waals surface area contributed by atoms with Crippen LogP contribution in [0.3, 0.4) is 0 Å². The zero-order valence-electron chi connectivity index (χ0n) is 8.88. The molecule has 0 fully saturated rings. The van der Waals surface area contributed by atoms with Gasteiger partial charge in [-0.05, 0) is 12.1 Å². The maximum atomic E-state index is 13.7. The Morgan fingerprint density at radius 3 is 2.50 bits per heavy atom. The van der Waals surface area contributed by atoms with E-state index < -0.39 is 17.7 Å². The summed E-state index contributed by atoms with van der Waals surface area (Å²) in [6.45, 7) is 0. The number of nitrogens with two attached hydrogens (primary N) is 1. The standard InChI is InChI=1S/C11H8Cl2F2N2S/c12-8-4-6(11(13)18-8)10(17-16)5-2-1-3-7(14)9(5)15/h1-4,10,17H,16H2. The summed E-state index contributed by atoms with van der Waals surface area (Å²) >= 11 is 12.9. The van der Waals surface area contributed by atoms with E-state index in [2.05, 4.69) is 5.43 Å². The Kier molecular flexibility index (Phi) is 4.19. The van der Waals surface area contributed by atoms with E-state index in [1.54, 1.807) is 6.07 Å². The van der Waals surface area contributed by atoms with Gasteiger partial charge in [-0.15, -0.1) is 11.3 Å². The normalized spacial score (nSPS) is 12.7. The number of benzene rings is 1. The van der Waals surface area contributed by atoms with E-state index in [0.717, 1.165) is 17.4 Å². The zero-order valence-corrected chi connectivity index (χ0v) is 11.2. The van der Waals surface area contributed by atoms with Crippen LogP contribution in [0.25, 0.3) is 0 Å². The highest BCUT2D eigenvalue weighted by Gasteiger charge is 2.22. The molecule has 0 aliphatic carbocycles. The first-order chi connectivity index (χ1) is 8.54. The minimum atomic E-state index is -0.959. The van der Waals surface area contributed by atoms with E-state index in [1.165, 1.54) is 12.1 Å². The Labute approximate surface area is 116 Å². The lowest BCUT2D eigenvalue weighted by atomic mass is 10.0. The van der Waals surface area contributed by atoms with Gasteiger partial charge in [0.2, 0.25) is 0 Å². The first-order valence-corrected chi connectivity index (χ1v) is 6.46. The lowest BCUT2D eigenvalue weighted by molar-refractivity contribution is 0.483. The van der Waals surface area contributed by atoms with Crippen LogP contribution < -0.4 is 11.3 Å². The summed E-state index contributed by atoms with van der Waals surface area (Å²) in [7, 11) is 0. The third kappa shape index (κ3) is 2.50. The fourth-order valence-corrected chi connectivity index (χ4v) is 3.17. The van der Waals surface area contributed by atoms with Gasteiger partial charge in [-0.2, -0.15) is 0 Å². The van der Waals surface area contributed by atoms with Crippen LogP contribution >= 0.6 is 34.5 Å². The number of hydrogen-bond donors (Lipinski definition) is 2. The first-order valence-electron chi connectivity index (χ1n) is 4.89. The summed E-state index contributed by atoms with van der Waals surface area (Å²) in [5.41, 5.74) is 3.00. The quantitative estimate of drug-likeness (QED) is 0.667. The van der Waals surface area contributed by atoms with Crippen molar-refractivity contribution in [2.24, 2.45) is 5.84 Å². The fraction of sp³-hybridized carbons (Fsp3) is 0.0909. The van der Waals surface area contributed by atoms with Crippen LogP contribution in [0.15, 0.2) is 24.3 Å². The van der Waals surface area contributed by atoms with Gasteiger partial charge in [-0.1, -0.05) is 35.3 Å². The SMILES string of the molecule is NNC(c1cc(Cl)sc1Cl)c1cccc(F)c1F. The Balaban J connectivity index is 2.52. The molecule has 0 bridgehead atoms. The third-order valence-electron chi connectivity index (χ3n) is 2.45. The van der Waals surface area contributed by atoms with Crippen LogP contribution in [-0.2, 0) is 0 Å². The van der Waals surface area contributed by atoms with Crippen molar-refractivity contribution in [2.75, 3.05) is 0 Å². The van der Waals surface area contributed by atoms with Crippen LogP contribution in [-0.4, -0.2) is 0 Å². The molecule has 7 heteroatoms. The molecule has 1 heterocycles.